The molecule has 120 valence electrons. The highest BCUT2D eigenvalue weighted by Gasteiger charge is 2.18. The van der Waals surface area contributed by atoms with E-state index in [0.29, 0.717) is 19.3 Å². The highest BCUT2D eigenvalue weighted by molar-refractivity contribution is 5.99. The maximum atomic E-state index is 11.8. The van der Waals surface area contributed by atoms with Crippen LogP contribution in [0.5, 0.6) is 0 Å². The van der Waals surface area contributed by atoms with Gasteiger partial charge in [0.1, 0.15) is 0 Å². The van der Waals surface area contributed by atoms with E-state index < -0.39 is 17.9 Å². The molecule has 0 aromatic rings. The highest BCUT2D eigenvalue weighted by atomic mass is 16.5. The lowest BCUT2D eigenvalue weighted by Gasteiger charge is -2.08. The molecule has 0 aliphatic carbocycles. The van der Waals surface area contributed by atoms with Gasteiger partial charge in [-0.2, -0.15) is 0 Å². The van der Waals surface area contributed by atoms with Crippen LogP contribution in [0.1, 0.15) is 46.5 Å². The van der Waals surface area contributed by atoms with E-state index in [2.05, 4.69) is 0 Å². The molecule has 0 bridgehead atoms. The van der Waals surface area contributed by atoms with E-state index in [9.17, 15) is 14.4 Å². The third kappa shape index (κ3) is 9.65. The molecule has 0 heterocycles. The molecule has 0 unspecified atom stereocenters. The second-order valence-corrected chi connectivity index (χ2v) is 4.37. The van der Waals surface area contributed by atoms with Gasteiger partial charge in [-0.15, -0.1) is 0 Å². The molecule has 0 aliphatic heterocycles. The first-order chi connectivity index (χ1) is 10.0. The molecular weight excluding hydrogens is 276 g/mol. The predicted octanol–water partition coefficient (Wildman–Crippen LogP) is 2.16. The van der Waals surface area contributed by atoms with Gasteiger partial charge in [-0.05, 0) is 19.3 Å². The average molecular weight is 300 g/mol. The molecule has 0 spiro atoms. The van der Waals surface area contributed by atoms with Crippen molar-refractivity contribution < 1.29 is 28.6 Å². The van der Waals surface area contributed by atoms with Crippen LogP contribution in [0.3, 0.4) is 0 Å². The van der Waals surface area contributed by atoms with Gasteiger partial charge in [-0.3, -0.25) is 4.79 Å². The van der Waals surface area contributed by atoms with Crippen molar-refractivity contribution in [2.24, 2.45) is 0 Å². The summed E-state index contributed by atoms with van der Waals surface area (Å²) in [4.78, 5) is 34.9. The second kappa shape index (κ2) is 11.9. The normalized spacial score (nSPS) is 10.9. The van der Waals surface area contributed by atoms with Gasteiger partial charge < -0.3 is 14.2 Å². The van der Waals surface area contributed by atoms with Crippen LogP contribution in [-0.4, -0.2) is 37.7 Å². The first-order valence-corrected chi connectivity index (χ1v) is 7.25. The molecular formula is C15H24O6. The molecule has 21 heavy (non-hydrogen) atoms. The Hall–Kier alpha value is -1.85. The molecule has 0 saturated carbocycles. The molecule has 0 radical (unpaired) electrons. The van der Waals surface area contributed by atoms with E-state index in [1.165, 1.54) is 0 Å². The summed E-state index contributed by atoms with van der Waals surface area (Å²) in [5, 5.41) is 0. The SMILES string of the molecule is CCCOC(=O)C=C(CC(=O)OCCC)C(=O)OCCC. The minimum Gasteiger partial charge on any atom is -0.465 e. The minimum atomic E-state index is -0.696. The smallest absolute Gasteiger partial charge is 0.334 e. The molecule has 0 saturated heterocycles. The first kappa shape index (κ1) is 19.1. The fourth-order valence-corrected chi connectivity index (χ4v) is 1.28. The summed E-state index contributed by atoms with van der Waals surface area (Å²) in [5.74, 6) is -1.93. The monoisotopic (exact) mass is 300 g/mol. The van der Waals surface area contributed by atoms with E-state index in [1.54, 1.807) is 0 Å². The summed E-state index contributed by atoms with van der Waals surface area (Å²) in [7, 11) is 0. The van der Waals surface area contributed by atoms with E-state index in [0.717, 1.165) is 6.08 Å². The molecule has 0 aromatic carbocycles. The number of ether oxygens (including phenoxy) is 3. The molecule has 0 N–H and O–H groups in total. The molecule has 0 aliphatic rings. The molecule has 0 aromatic heterocycles. The van der Waals surface area contributed by atoms with Gasteiger partial charge in [0.05, 0.1) is 31.8 Å². The van der Waals surface area contributed by atoms with Gasteiger partial charge in [0.15, 0.2) is 0 Å². The summed E-state index contributed by atoms with van der Waals surface area (Å²) < 4.78 is 14.7. The molecule has 6 nitrogen and oxygen atoms in total. The Balaban J connectivity index is 4.74. The predicted molar refractivity (Wildman–Crippen MR) is 76.5 cm³/mol. The number of hydrogen-bond acceptors (Lipinski definition) is 6. The number of hydrogen-bond donors (Lipinski definition) is 0. The first-order valence-electron chi connectivity index (χ1n) is 7.25. The quantitative estimate of drug-likeness (QED) is 0.349. The van der Waals surface area contributed by atoms with Crippen LogP contribution in [0.25, 0.3) is 0 Å². The van der Waals surface area contributed by atoms with Crippen LogP contribution in [-0.2, 0) is 28.6 Å². The van der Waals surface area contributed by atoms with Crippen molar-refractivity contribution >= 4 is 17.9 Å². The van der Waals surface area contributed by atoms with Crippen molar-refractivity contribution in [3.8, 4) is 0 Å². The van der Waals surface area contributed by atoms with E-state index in [4.69, 9.17) is 14.2 Å². The van der Waals surface area contributed by atoms with E-state index >= 15 is 0 Å². The van der Waals surface area contributed by atoms with Crippen molar-refractivity contribution in [1.82, 2.24) is 0 Å². The Bertz CT molecular complexity index is 372. The molecule has 0 fully saturated rings. The van der Waals surface area contributed by atoms with Crippen molar-refractivity contribution in [2.75, 3.05) is 19.8 Å². The highest BCUT2D eigenvalue weighted by Crippen LogP contribution is 2.08. The van der Waals surface area contributed by atoms with Crippen molar-refractivity contribution in [1.29, 1.82) is 0 Å². The molecule has 0 rings (SSSR count). The van der Waals surface area contributed by atoms with Gasteiger partial charge in [0, 0.05) is 6.08 Å². The third-order valence-electron chi connectivity index (χ3n) is 2.24. The van der Waals surface area contributed by atoms with Crippen LogP contribution in [0.2, 0.25) is 0 Å². The summed E-state index contributed by atoms with van der Waals surface area (Å²) in [6.07, 6.45) is 2.71. The summed E-state index contributed by atoms with van der Waals surface area (Å²) in [5.41, 5.74) is -0.0503. The summed E-state index contributed by atoms with van der Waals surface area (Å²) >= 11 is 0. The zero-order valence-electron chi connectivity index (χ0n) is 13.0. The lowest BCUT2D eigenvalue weighted by atomic mass is 10.2. The Labute approximate surface area is 125 Å². The van der Waals surface area contributed by atoms with Gasteiger partial charge in [-0.1, -0.05) is 20.8 Å². The van der Waals surface area contributed by atoms with Crippen LogP contribution >= 0.6 is 0 Å². The lowest BCUT2D eigenvalue weighted by molar-refractivity contribution is -0.146. The topological polar surface area (TPSA) is 78.9 Å². The fraction of sp³-hybridized carbons (Fsp3) is 0.667. The van der Waals surface area contributed by atoms with Crippen LogP contribution in [0, 0.1) is 0 Å². The summed E-state index contributed by atoms with van der Waals surface area (Å²) in [6.45, 7) is 6.33. The van der Waals surface area contributed by atoms with Crippen LogP contribution < -0.4 is 0 Å². The van der Waals surface area contributed by atoms with Gasteiger partial charge in [0.2, 0.25) is 0 Å². The van der Waals surface area contributed by atoms with Gasteiger partial charge in [-0.25, -0.2) is 9.59 Å². The Morgan fingerprint density at radius 1 is 0.810 bits per heavy atom. The zero-order valence-corrected chi connectivity index (χ0v) is 13.0. The Kier molecular flexibility index (Phi) is 10.9. The molecule has 6 heteroatoms. The van der Waals surface area contributed by atoms with Crippen molar-refractivity contribution in [3.63, 3.8) is 0 Å². The van der Waals surface area contributed by atoms with Crippen molar-refractivity contribution in [2.45, 2.75) is 46.5 Å². The Morgan fingerprint density at radius 2 is 1.33 bits per heavy atom. The number of esters is 3. The summed E-state index contributed by atoms with van der Waals surface area (Å²) in [6, 6.07) is 0. The van der Waals surface area contributed by atoms with Crippen molar-refractivity contribution in [3.05, 3.63) is 11.6 Å². The Morgan fingerprint density at radius 3 is 1.90 bits per heavy atom. The average Bonchev–Trinajstić information content (AvgIpc) is 2.47. The minimum absolute atomic E-state index is 0.0503. The van der Waals surface area contributed by atoms with Crippen LogP contribution in [0.15, 0.2) is 11.6 Å². The largest absolute Gasteiger partial charge is 0.465 e. The number of carbonyl (C=O) groups excluding carboxylic acids is 3. The number of rotatable bonds is 10. The second-order valence-electron chi connectivity index (χ2n) is 4.37. The van der Waals surface area contributed by atoms with Gasteiger partial charge in [0.25, 0.3) is 0 Å². The molecule has 0 amide bonds. The third-order valence-corrected chi connectivity index (χ3v) is 2.24. The standard InChI is InChI=1S/C15H24O6/c1-4-7-19-13(16)10-12(15(18)21-9-6-3)11-14(17)20-8-5-2/h10H,4-9,11H2,1-3H3. The lowest BCUT2D eigenvalue weighted by Crippen LogP contribution is -2.16. The number of carbonyl (C=O) groups is 3. The fourth-order valence-electron chi connectivity index (χ4n) is 1.28. The van der Waals surface area contributed by atoms with Gasteiger partial charge >= 0.3 is 17.9 Å². The zero-order chi connectivity index (χ0) is 16.1. The van der Waals surface area contributed by atoms with Crippen LogP contribution in [0.4, 0.5) is 0 Å². The van der Waals surface area contributed by atoms with E-state index in [1.807, 2.05) is 20.8 Å². The molecule has 0 atom stereocenters. The maximum absolute atomic E-state index is 11.8. The maximum Gasteiger partial charge on any atom is 0.334 e. The van der Waals surface area contributed by atoms with E-state index in [-0.39, 0.29) is 31.8 Å².